The minimum Gasteiger partial charge on any atom is -0.871 e. The summed E-state index contributed by atoms with van der Waals surface area (Å²) in [6.45, 7) is 19.7. The Bertz CT molecular complexity index is 2120. The van der Waals surface area contributed by atoms with Gasteiger partial charge in [-0.15, -0.1) is 0 Å². The number of hydrogen-bond donors (Lipinski definition) is 0. The van der Waals surface area contributed by atoms with Gasteiger partial charge in [0.2, 0.25) is 11.4 Å². The molecule has 0 saturated carbocycles. The highest BCUT2D eigenvalue weighted by atomic mass is 16.5. The van der Waals surface area contributed by atoms with Crippen LogP contribution in [0.25, 0.3) is 5.57 Å². The summed E-state index contributed by atoms with van der Waals surface area (Å²) in [5.74, 6) is -1.50. The summed E-state index contributed by atoms with van der Waals surface area (Å²) in [7, 11) is 0. The maximum absolute atomic E-state index is 13.5. The molecule has 2 aliphatic rings. The lowest BCUT2D eigenvalue weighted by molar-refractivity contribution is -0.442. The summed E-state index contributed by atoms with van der Waals surface area (Å²) in [4.78, 5) is 39.6. The lowest BCUT2D eigenvalue weighted by atomic mass is 9.80. The van der Waals surface area contributed by atoms with Crippen LogP contribution in [0.15, 0.2) is 126 Å². The van der Waals surface area contributed by atoms with Gasteiger partial charge in [-0.25, -0.2) is 9.59 Å². The zero-order valence-electron chi connectivity index (χ0n) is 30.7. The molecule has 0 atom stereocenters. The predicted octanol–water partition coefficient (Wildman–Crippen LogP) is 7.16. The molecular weight excluding hydrogens is 652 g/mol. The second-order valence-electron chi connectivity index (χ2n) is 13.2. The second-order valence-corrected chi connectivity index (χ2v) is 13.2. The third kappa shape index (κ3) is 8.13. The summed E-state index contributed by atoms with van der Waals surface area (Å²) in [5, 5.41) is 13.5. The number of allylic oxidation sites excluding steroid dienone is 7. The highest BCUT2D eigenvalue weighted by molar-refractivity contribution is 6.39. The smallest absolute Gasteiger partial charge is 0.333 e. The molecule has 8 heteroatoms. The van der Waals surface area contributed by atoms with Crippen molar-refractivity contribution in [2.45, 2.75) is 41.5 Å². The van der Waals surface area contributed by atoms with E-state index >= 15 is 0 Å². The van der Waals surface area contributed by atoms with E-state index in [0.29, 0.717) is 35.4 Å². The Kier molecular flexibility index (Phi) is 11.4. The van der Waals surface area contributed by atoms with Crippen molar-refractivity contribution in [3.8, 4) is 0 Å². The van der Waals surface area contributed by atoms with Crippen molar-refractivity contribution in [3.05, 3.63) is 154 Å². The Labute approximate surface area is 305 Å². The SMILES string of the molecule is C=C(C)C(=O)OCCN(c1ccc(C2=C([O-])C(=C3C=CC(=[N+](CCOC(=O)C(=C)C)c4ccc(C)cc4C)C=C3)C2=O)cc1)c1ccc(C)cc1C. The van der Waals surface area contributed by atoms with Crippen molar-refractivity contribution in [3.63, 3.8) is 0 Å². The zero-order valence-corrected chi connectivity index (χ0v) is 30.7. The molecule has 266 valence electrons. The van der Waals surface area contributed by atoms with E-state index in [2.05, 4.69) is 25.3 Å². The molecule has 0 bridgehead atoms. The average molecular weight is 697 g/mol. The van der Waals surface area contributed by atoms with Crippen LogP contribution in [0.4, 0.5) is 17.1 Å². The maximum Gasteiger partial charge on any atom is 0.333 e. The molecular formula is C44H44N2O6. The zero-order chi connectivity index (χ0) is 37.7. The van der Waals surface area contributed by atoms with E-state index in [1.54, 1.807) is 38.1 Å². The Hall–Kier alpha value is -6.02. The molecule has 3 aromatic carbocycles. The highest BCUT2D eigenvalue weighted by Crippen LogP contribution is 2.39. The summed E-state index contributed by atoms with van der Waals surface area (Å²) >= 11 is 0. The highest BCUT2D eigenvalue weighted by Gasteiger charge is 2.31. The van der Waals surface area contributed by atoms with Crippen molar-refractivity contribution in [1.29, 1.82) is 0 Å². The largest absolute Gasteiger partial charge is 0.871 e. The van der Waals surface area contributed by atoms with Crippen LogP contribution < -0.4 is 10.0 Å². The average Bonchev–Trinajstić information content (AvgIpc) is 3.10. The van der Waals surface area contributed by atoms with E-state index in [1.807, 2.05) is 85.7 Å². The third-order valence-corrected chi connectivity index (χ3v) is 8.92. The molecule has 0 fully saturated rings. The molecule has 0 unspecified atom stereocenters. The molecule has 0 amide bonds. The molecule has 0 spiro atoms. The number of ketones is 1. The first kappa shape index (κ1) is 37.2. The van der Waals surface area contributed by atoms with Crippen molar-refractivity contribution < 1.29 is 33.5 Å². The third-order valence-electron chi connectivity index (χ3n) is 8.92. The summed E-state index contributed by atoms with van der Waals surface area (Å²) < 4.78 is 12.8. The Morgan fingerprint density at radius 3 is 1.88 bits per heavy atom. The molecule has 0 saturated heterocycles. The van der Waals surface area contributed by atoms with Gasteiger partial charge in [-0.1, -0.05) is 60.4 Å². The number of nitrogens with zero attached hydrogens (tertiary/aromatic N) is 2. The first-order valence-corrected chi connectivity index (χ1v) is 17.2. The minimum atomic E-state index is -0.448. The lowest BCUT2D eigenvalue weighted by Gasteiger charge is -2.32. The van der Waals surface area contributed by atoms with Crippen molar-refractivity contribution >= 4 is 46.1 Å². The monoisotopic (exact) mass is 696 g/mol. The maximum atomic E-state index is 13.5. The fourth-order valence-corrected chi connectivity index (χ4v) is 6.23. The number of hydrogen-bond acceptors (Lipinski definition) is 7. The van der Waals surface area contributed by atoms with E-state index < -0.39 is 11.9 Å². The number of esters is 2. The molecule has 0 radical (unpaired) electrons. The number of Topliss-reactive ketones (excluding diaryl/α,β-unsaturated/α-hetero) is 1. The molecule has 52 heavy (non-hydrogen) atoms. The van der Waals surface area contributed by atoms with Crippen LogP contribution in [0.1, 0.15) is 41.7 Å². The number of aryl methyl sites for hydroxylation is 4. The molecule has 0 heterocycles. The summed E-state index contributed by atoms with van der Waals surface area (Å²) in [6, 6.07) is 19.6. The normalized spacial score (nSPS) is 13.6. The van der Waals surface area contributed by atoms with Gasteiger partial charge in [0.05, 0.1) is 6.54 Å². The van der Waals surface area contributed by atoms with Gasteiger partial charge in [0.25, 0.3) is 0 Å². The standard InChI is InChI=1S/C44H44N2O6/c1-27(2)43(49)51-23-21-45(37-19-9-29(5)25-31(37)7)35-15-11-33(12-16-35)39-41(47)40(42(39)48)34-13-17-36(18-14-34)46(22-24-52-44(50)28(3)4)38-20-10-30(6)26-32(38)8/h9-20,25-26H,1,3,21-24H2,2,4-8H3. The van der Waals surface area contributed by atoms with Crippen molar-refractivity contribution in [1.82, 2.24) is 0 Å². The van der Waals surface area contributed by atoms with Crippen LogP contribution in [-0.4, -0.2) is 54.3 Å². The molecule has 0 aromatic heterocycles. The van der Waals surface area contributed by atoms with E-state index in [0.717, 1.165) is 45.0 Å². The molecule has 3 aromatic rings. The van der Waals surface area contributed by atoms with Gasteiger partial charge in [0, 0.05) is 57.4 Å². The minimum absolute atomic E-state index is 0.148. The van der Waals surface area contributed by atoms with Gasteiger partial charge in [0.1, 0.15) is 6.61 Å². The lowest BCUT2D eigenvalue weighted by Crippen LogP contribution is -2.30. The van der Waals surface area contributed by atoms with Gasteiger partial charge in [0.15, 0.2) is 18.9 Å². The molecule has 2 aliphatic carbocycles. The number of anilines is 2. The van der Waals surface area contributed by atoms with E-state index in [-0.39, 0.29) is 35.9 Å². The van der Waals surface area contributed by atoms with Crippen LogP contribution in [0.3, 0.4) is 0 Å². The molecule has 5 rings (SSSR count). The second kappa shape index (κ2) is 15.9. The number of benzene rings is 3. The Balaban J connectivity index is 1.40. The summed E-state index contributed by atoms with van der Waals surface area (Å²) in [6.07, 6.45) is 7.29. The van der Waals surface area contributed by atoms with E-state index in [4.69, 9.17) is 9.47 Å². The molecule has 0 aliphatic heterocycles. The van der Waals surface area contributed by atoms with Crippen molar-refractivity contribution in [2.75, 3.05) is 31.2 Å². The van der Waals surface area contributed by atoms with Crippen LogP contribution in [0.2, 0.25) is 0 Å². The first-order valence-electron chi connectivity index (χ1n) is 17.2. The topological polar surface area (TPSA) is 99.0 Å². The number of rotatable bonds is 12. The number of carbonyl (C=O) groups is 3. The van der Waals surface area contributed by atoms with Gasteiger partial charge in [-0.3, -0.25) is 4.79 Å². The Morgan fingerprint density at radius 1 is 0.750 bits per heavy atom. The van der Waals surface area contributed by atoms with E-state index in [1.165, 1.54) is 0 Å². The predicted molar refractivity (Wildman–Crippen MR) is 204 cm³/mol. The fourth-order valence-electron chi connectivity index (χ4n) is 6.23. The quantitative estimate of drug-likeness (QED) is 0.113. The molecule has 0 N–H and O–H groups in total. The van der Waals surface area contributed by atoms with Crippen molar-refractivity contribution in [2.24, 2.45) is 0 Å². The van der Waals surface area contributed by atoms with Gasteiger partial charge >= 0.3 is 11.9 Å². The van der Waals surface area contributed by atoms with Crippen LogP contribution in [0, 0.1) is 27.7 Å². The Morgan fingerprint density at radius 2 is 1.33 bits per heavy atom. The van der Waals surface area contributed by atoms with Crippen LogP contribution in [0.5, 0.6) is 0 Å². The van der Waals surface area contributed by atoms with E-state index in [9.17, 15) is 19.5 Å². The van der Waals surface area contributed by atoms with Gasteiger partial charge < -0.3 is 19.5 Å². The van der Waals surface area contributed by atoms with Crippen LogP contribution >= 0.6 is 0 Å². The van der Waals surface area contributed by atoms with Crippen LogP contribution in [-0.2, 0) is 23.9 Å². The first-order chi connectivity index (χ1) is 24.8. The molecule has 8 nitrogen and oxygen atoms in total. The summed E-state index contributed by atoms with van der Waals surface area (Å²) in [5.41, 5.74) is 9.98. The number of ether oxygens (including phenoxy) is 2. The fraction of sp³-hybridized carbons (Fsp3) is 0.227. The number of carbonyl (C=O) groups excluding carboxylic acids is 3. The van der Waals surface area contributed by atoms with Gasteiger partial charge in [-0.2, -0.15) is 4.58 Å². The van der Waals surface area contributed by atoms with Gasteiger partial charge in [-0.05, 0) is 94.7 Å².